The lowest BCUT2D eigenvalue weighted by atomic mass is 9.96. The van der Waals surface area contributed by atoms with E-state index in [0.717, 1.165) is 29.4 Å². The van der Waals surface area contributed by atoms with Crippen LogP contribution in [0.25, 0.3) is 0 Å². The first-order valence-corrected chi connectivity index (χ1v) is 7.25. The van der Waals surface area contributed by atoms with Gasteiger partial charge in [0.15, 0.2) is 0 Å². The maximum Gasteiger partial charge on any atom is 0.120 e. The Bertz CT molecular complexity index is 337. The van der Waals surface area contributed by atoms with Crippen molar-refractivity contribution in [3.63, 3.8) is 0 Å². The molecule has 0 unspecified atom stereocenters. The van der Waals surface area contributed by atoms with Gasteiger partial charge in [0.05, 0.1) is 0 Å². The maximum absolute atomic E-state index is 5.69. The van der Waals surface area contributed by atoms with E-state index < -0.39 is 0 Å². The van der Waals surface area contributed by atoms with E-state index in [1.807, 2.05) is 24.3 Å². The molecule has 1 fully saturated rings. The molecule has 0 spiro atoms. The van der Waals surface area contributed by atoms with Crippen molar-refractivity contribution in [2.24, 2.45) is 0 Å². The highest BCUT2D eigenvalue weighted by Gasteiger charge is 2.11. The van der Waals surface area contributed by atoms with Crippen LogP contribution < -0.4 is 10.1 Å². The fourth-order valence-corrected chi connectivity index (χ4v) is 2.67. The van der Waals surface area contributed by atoms with Crippen LogP contribution in [-0.2, 0) is 0 Å². The van der Waals surface area contributed by atoms with Crippen molar-refractivity contribution in [1.82, 2.24) is 5.32 Å². The first kappa shape index (κ1) is 12.9. The van der Waals surface area contributed by atoms with E-state index in [-0.39, 0.29) is 0 Å². The van der Waals surface area contributed by atoms with Crippen LogP contribution in [0.4, 0.5) is 0 Å². The average molecular weight is 298 g/mol. The summed E-state index contributed by atoms with van der Waals surface area (Å²) in [6, 6.07) is 8.71. The molecular weight excluding hydrogens is 278 g/mol. The molecule has 0 heterocycles. The van der Waals surface area contributed by atoms with Gasteiger partial charge in [-0.1, -0.05) is 41.3 Å². The standard InChI is InChI=1S/C14H20BrNO/c15-12-5-4-8-14(11-12)17-10-9-16-13-6-2-1-3-7-13/h4-5,8,11,13,16H,1-3,6-7,9-10H2. The lowest BCUT2D eigenvalue weighted by Crippen LogP contribution is -2.34. The quantitative estimate of drug-likeness (QED) is 0.836. The number of hydrogen-bond donors (Lipinski definition) is 1. The van der Waals surface area contributed by atoms with E-state index in [2.05, 4.69) is 21.2 Å². The van der Waals surface area contributed by atoms with E-state index in [0.29, 0.717) is 0 Å². The molecule has 1 aliphatic carbocycles. The Hall–Kier alpha value is -0.540. The minimum atomic E-state index is 0.717. The van der Waals surface area contributed by atoms with E-state index in [4.69, 9.17) is 4.74 Å². The van der Waals surface area contributed by atoms with Crippen molar-refractivity contribution in [2.75, 3.05) is 13.2 Å². The molecule has 1 aliphatic rings. The second kappa shape index (κ2) is 7.02. The summed E-state index contributed by atoms with van der Waals surface area (Å²) in [4.78, 5) is 0. The molecule has 2 rings (SSSR count). The van der Waals surface area contributed by atoms with Crippen LogP contribution in [0.3, 0.4) is 0 Å². The minimum absolute atomic E-state index is 0.717. The minimum Gasteiger partial charge on any atom is -0.492 e. The Kier molecular flexibility index (Phi) is 5.33. The Morgan fingerprint density at radius 1 is 1.24 bits per heavy atom. The van der Waals surface area contributed by atoms with Crippen molar-refractivity contribution in [2.45, 2.75) is 38.1 Å². The van der Waals surface area contributed by atoms with Crippen molar-refractivity contribution in [3.05, 3.63) is 28.7 Å². The number of hydrogen-bond acceptors (Lipinski definition) is 2. The summed E-state index contributed by atoms with van der Waals surface area (Å²) < 4.78 is 6.75. The van der Waals surface area contributed by atoms with E-state index in [9.17, 15) is 0 Å². The SMILES string of the molecule is Brc1cccc(OCCNC2CCCCC2)c1. The summed E-state index contributed by atoms with van der Waals surface area (Å²) >= 11 is 3.44. The molecular formula is C14H20BrNO. The predicted molar refractivity (Wildman–Crippen MR) is 74.5 cm³/mol. The van der Waals surface area contributed by atoms with Crippen molar-refractivity contribution < 1.29 is 4.74 Å². The van der Waals surface area contributed by atoms with Crippen molar-refractivity contribution in [3.8, 4) is 5.75 Å². The molecule has 94 valence electrons. The van der Waals surface area contributed by atoms with Gasteiger partial charge >= 0.3 is 0 Å². The summed E-state index contributed by atoms with van der Waals surface area (Å²) in [6.07, 6.45) is 6.83. The number of halogens is 1. The molecule has 1 saturated carbocycles. The highest BCUT2D eigenvalue weighted by Crippen LogP contribution is 2.18. The summed E-state index contributed by atoms with van der Waals surface area (Å²) in [7, 11) is 0. The first-order chi connectivity index (χ1) is 8.34. The molecule has 0 amide bonds. The zero-order valence-corrected chi connectivity index (χ0v) is 11.7. The van der Waals surface area contributed by atoms with Gasteiger partial charge in [0.1, 0.15) is 12.4 Å². The predicted octanol–water partition coefficient (Wildman–Crippen LogP) is 3.75. The zero-order chi connectivity index (χ0) is 11.9. The zero-order valence-electron chi connectivity index (χ0n) is 10.1. The summed E-state index contributed by atoms with van der Waals surface area (Å²) in [5.74, 6) is 0.935. The van der Waals surface area contributed by atoms with Crippen LogP contribution in [0, 0.1) is 0 Å². The molecule has 2 nitrogen and oxygen atoms in total. The molecule has 1 aromatic carbocycles. The van der Waals surface area contributed by atoms with Crippen LogP contribution in [0.1, 0.15) is 32.1 Å². The van der Waals surface area contributed by atoms with Crippen LogP contribution in [-0.4, -0.2) is 19.2 Å². The lowest BCUT2D eigenvalue weighted by Gasteiger charge is -2.22. The first-order valence-electron chi connectivity index (χ1n) is 6.46. The fourth-order valence-electron chi connectivity index (χ4n) is 2.30. The molecule has 1 aromatic rings. The van der Waals surface area contributed by atoms with Gasteiger partial charge in [0.25, 0.3) is 0 Å². The number of benzene rings is 1. The van der Waals surface area contributed by atoms with Gasteiger partial charge in [-0.25, -0.2) is 0 Å². The third-order valence-electron chi connectivity index (χ3n) is 3.21. The molecule has 0 aromatic heterocycles. The Morgan fingerprint density at radius 2 is 2.06 bits per heavy atom. The Morgan fingerprint density at radius 3 is 2.82 bits per heavy atom. The monoisotopic (exact) mass is 297 g/mol. The van der Waals surface area contributed by atoms with Crippen molar-refractivity contribution >= 4 is 15.9 Å². The second-order valence-corrected chi connectivity index (χ2v) is 5.51. The molecule has 1 N–H and O–H groups in total. The molecule has 0 saturated heterocycles. The molecule has 0 aliphatic heterocycles. The van der Waals surface area contributed by atoms with E-state index in [1.165, 1.54) is 32.1 Å². The highest BCUT2D eigenvalue weighted by molar-refractivity contribution is 9.10. The number of nitrogens with one attached hydrogen (secondary N) is 1. The maximum atomic E-state index is 5.69. The highest BCUT2D eigenvalue weighted by atomic mass is 79.9. The van der Waals surface area contributed by atoms with Gasteiger partial charge in [0.2, 0.25) is 0 Å². The van der Waals surface area contributed by atoms with Gasteiger partial charge in [0, 0.05) is 17.1 Å². The van der Waals surface area contributed by atoms with Gasteiger partial charge in [-0.05, 0) is 31.0 Å². The van der Waals surface area contributed by atoms with Gasteiger partial charge < -0.3 is 10.1 Å². The van der Waals surface area contributed by atoms with Crippen LogP contribution >= 0.6 is 15.9 Å². The molecule has 0 radical (unpaired) electrons. The van der Waals surface area contributed by atoms with Gasteiger partial charge in [-0.15, -0.1) is 0 Å². The number of ether oxygens (including phenoxy) is 1. The van der Waals surface area contributed by atoms with Crippen molar-refractivity contribution in [1.29, 1.82) is 0 Å². The number of rotatable bonds is 5. The summed E-state index contributed by atoms with van der Waals surface area (Å²) in [5, 5.41) is 3.57. The molecule has 0 atom stereocenters. The summed E-state index contributed by atoms with van der Waals surface area (Å²) in [6.45, 7) is 1.68. The molecule has 17 heavy (non-hydrogen) atoms. The largest absolute Gasteiger partial charge is 0.492 e. The topological polar surface area (TPSA) is 21.3 Å². The fraction of sp³-hybridized carbons (Fsp3) is 0.571. The lowest BCUT2D eigenvalue weighted by molar-refractivity contribution is 0.289. The Balaban J connectivity index is 1.62. The normalized spacial score (nSPS) is 17.0. The third-order valence-corrected chi connectivity index (χ3v) is 3.70. The molecule has 3 heteroatoms. The third kappa shape index (κ3) is 4.68. The van der Waals surface area contributed by atoms with Gasteiger partial charge in [-0.3, -0.25) is 0 Å². The average Bonchev–Trinajstić information content (AvgIpc) is 2.36. The molecule has 0 bridgehead atoms. The second-order valence-electron chi connectivity index (χ2n) is 4.59. The Labute approximate surface area is 112 Å². The smallest absolute Gasteiger partial charge is 0.120 e. The van der Waals surface area contributed by atoms with Gasteiger partial charge in [-0.2, -0.15) is 0 Å². The van der Waals surface area contributed by atoms with Crippen LogP contribution in [0.15, 0.2) is 28.7 Å². The van der Waals surface area contributed by atoms with E-state index in [1.54, 1.807) is 0 Å². The summed E-state index contributed by atoms with van der Waals surface area (Å²) in [5.41, 5.74) is 0. The van der Waals surface area contributed by atoms with E-state index >= 15 is 0 Å². The van der Waals surface area contributed by atoms with Crippen LogP contribution in [0.2, 0.25) is 0 Å². The van der Waals surface area contributed by atoms with Crippen LogP contribution in [0.5, 0.6) is 5.75 Å².